The average molecular weight is 187 g/mol. The molecule has 1 aliphatic rings. The van der Waals surface area contributed by atoms with Crippen LogP contribution < -0.4 is 5.14 Å². The van der Waals surface area contributed by atoms with E-state index in [0.29, 0.717) is 5.92 Å². The molecule has 1 saturated carbocycles. The predicted molar refractivity (Wildman–Crippen MR) is 52.9 cm³/mol. The Morgan fingerprint density at radius 3 is 2.50 bits per heavy atom. The molecular weight excluding hydrogens is 170 g/mol. The zero-order valence-corrected chi connectivity index (χ0v) is 8.78. The monoisotopic (exact) mass is 187 g/mol. The molecule has 0 radical (unpaired) electrons. The van der Waals surface area contributed by atoms with Gasteiger partial charge in [-0.1, -0.05) is 12.5 Å². The van der Waals surface area contributed by atoms with Crippen molar-refractivity contribution in [3.63, 3.8) is 0 Å². The van der Waals surface area contributed by atoms with Crippen molar-refractivity contribution in [2.75, 3.05) is 0 Å². The summed E-state index contributed by atoms with van der Waals surface area (Å²) in [7, 11) is 0. The van der Waals surface area contributed by atoms with Crippen LogP contribution in [0, 0.1) is 5.92 Å². The van der Waals surface area contributed by atoms with Gasteiger partial charge in [0.2, 0.25) is 0 Å². The van der Waals surface area contributed by atoms with Crippen molar-refractivity contribution in [3.8, 4) is 0 Å². The van der Waals surface area contributed by atoms with Crippen molar-refractivity contribution in [2.45, 2.75) is 38.4 Å². The van der Waals surface area contributed by atoms with E-state index in [1.54, 1.807) is 0 Å². The molecule has 0 aromatic carbocycles. The highest BCUT2D eigenvalue weighted by Crippen LogP contribution is 2.35. The van der Waals surface area contributed by atoms with Gasteiger partial charge in [-0.2, -0.15) is 5.14 Å². The van der Waals surface area contributed by atoms with Crippen LogP contribution in [0.3, 0.4) is 0 Å². The van der Waals surface area contributed by atoms with Crippen LogP contribution in [0.5, 0.6) is 0 Å². The van der Waals surface area contributed by atoms with Crippen molar-refractivity contribution >= 4 is 11.4 Å². The normalized spacial score (nSPS) is 30.1. The first-order valence-electron chi connectivity index (χ1n) is 4.31. The van der Waals surface area contributed by atoms with Gasteiger partial charge in [-0.05, 0) is 38.7 Å². The lowest BCUT2D eigenvalue weighted by Gasteiger charge is -2.30. The summed E-state index contributed by atoms with van der Waals surface area (Å²) < 4.78 is 10.7. The molecule has 2 N–H and O–H groups in total. The number of allylic oxidation sites excluding steroid dienone is 1. The lowest BCUT2D eigenvalue weighted by Crippen LogP contribution is -2.37. The second-order valence-corrected chi connectivity index (χ2v) is 5.71. The van der Waals surface area contributed by atoms with Crippen LogP contribution >= 0.6 is 0 Å². The lowest BCUT2D eigenvalue weighted by atomic mass is 9.79. The Labute approximate surface area is 77.5 Å². The summed E-state index contributed by atoms with van der Waals surface area (Å²) in [6.07, 6.45) is 4.50. The van der Waals surface area contributed by atoms with E-state index in [4.69, 9.17) is 5.14 Å². The molecule has 70 valence electrons. The molecule has 0 spiro atoms. The van der Waals surface area contributed by atoms with Gasteiger partial charge in [-0.15, -0.1) is 0 Å². The highest BCUT2D eigenvalue weighted by Gasteiger charge is 2.30. The molecule has 0 aliphatic heterocycles. The standard InChI is InChI=1S/C9H17NOS/c1-7-4-5-8(7)6-9(2,3)12(10)11/h6-7H,4-5,10H2,1-3H3/t7-,12-/m0/s1. The Kier molecular flexibility index (Phi) is 2.86. The van der Waals surface area contributed by atoms with Crippen molar-refractivity contribution in [1.82, 2.24) is 0 Å². The third-order valence-corrected chi connectivity index (χ3v) is 3.71. The summed E-state index contributed by atoms with van der Waals surface area (Å²) in [5, 5.41) is 5.37. The Hall–Kier alpha value is 0.01000. The third kappa shape index (κ3) is 2.03. The predicted octanol–water partition coefficient (Wildman–Crippen LogP) is 1.74. The van der Waals surface area contributed by atoms with Gasteiger partial charge in [0.15, 0.2) is 4.75 Å². The maximum absolute atomic E-state index is 11.1. The molecule has 1 aliphatic carbocycles. The summed E-state index contributed by atoms with van der Waals surface area (Å²) in [4.78, 5) is 0. The first kappa shape index (κ1) is 10.1. The van der Waals surface area contributed by atoms with Crippen molar-refractivity contribution in [1.29, 1.82) is 0 Å². The average Bonchev–Trinajstić information content (AvgIpc) is 1.97. The third-order valence-electron chi connectivity index (χ3n) is 2.55. The molecule has 2 nitrogen and oxygen atoms in total. The summed E-state index contributed by atoms with van der Waals surface area (Å²) in [6, 6.07) is 0. The quantitative estimate of drug-likeness (QED) is 0.529. The number of nitrogens with two attached hydrogens (primary N) is 1. The molecular formula is C9H17NOS. The summed E-state index contributed by atoms with van der Waals surface area (Å²) in [5.74, 6) is 0.674. The molecule has 0 heterocycles. The zero-order valence-electron chi connectivity index (χ0n) is 7.96. The first-order chi connectivity index (χ1) is 5.43. The molecule has 3 heteroatoms. The minimum absolute atomic E-state index is 0.357. The van der Waals surface area contributed by atoms with Crippen LogP contribution in [0.1, 0.15) is 33.6 Å². The molecule has 0 aromatic heterocycles. The van der Waals surface area contributed by atoms with E-state index in [0.717, 1.165) is 6.42 Å². The fourth-order valence-electron chi connectivity index (χ4n) is 1.32. The van der Waals surface area contributed by atoms with E-state index in [-0.39, 0.29) is 4.75 Å². The molecule has 0 unspecified atom stereocenters. The molecule has 2 atom stereocenters. The molecule has 0 amide bonds. The van der Waals surface area contributed by atoms with E-state index in [1.165, 1.54) is 12.0 Å². The Morgan fingerprint density at radius 1 is 1.67 bits per heavy atom. The summed E-state index contributed by atoms with van der Waals surface area (Å²) in [6.45, 7) is 6.03. The van der Waals surface area contributed by atoms with Crippen LogP contribution in [-0.4, -0.2) is 9.30 Å². The number of hydrogen-bond acceptors (Lipinski definition) is 2. The van der Waals surface area contributed by atoms with E-state index >= 15 is 0 Å². The Bertz CT molecular complexity index is 199. The van der Waals surface area contributed by atoms with Gasteiger partial charge in [0.05, 0.1) is 0 Å². The lowest BCUT2D eigenvalue weighted by molar-refractivity contribution is 0.475. The van der Waals surface area contributed by atoms with Gasteiger partial charge in [-0.3, -0.25) is 0 Å². The van der Waals surface area contributed by atoms with E-state index in [2.05, 4.69) is 13.0 Å². The van der Waals surface area contributed by atoms with Gasteiger partial charge >= 0.3 is 0 Å². The minimum Gasteiger partial charge on any atom is -0.598 e. The van der Waals surface area contributed by atoms with Crippen LogP contribution in [0.2, 0.25) is 0 Å². The second kappa shape index (κ2) is 3.40. The molecule has 0 aromatic rings. The minimum atomic E-state index is -1.26. The SMILES string of the molecule is C[C@H]1CCC1=CC(C)(C)[S@@+](N)[O-]. The van der Waals surface area contributed by atoms with Crippen LogP contribution in [0.15, 0.2) is 11.6 Å². The van der Waals surface area contributed by atoms with Crippen molar-refractivity contribution in [3.05, 3.63) is 11.6 Å². The molecule has 12 heavy (non-hydrogen) atoms. The fraction of sp³-hybridized carbons (Fsp3) is 0.778. The van der Waals surface area contributed by atoms with Crippen LogP contribution in [0.25, 0.3) is 0 Å². The van der Waals surface area contributed by atoms with Crippen molar-refractivity contribution < 1.29 is 4.55 Å². The summed E-state index contributed by atoms with van der Waals surface area (Å²) >= 11 is -1.26. The number of rotatable bonds is 2. The van der Waals surface area contributed by atoms with E-state index < -0.39 is 11.4 Å². The maximum Gasteiger partial charge on any atom is 0.157 e. The van der Waals surface area contributed by atoms with Crippen LogP contribution in [0.4, 0.5) is 0 Å². The largest absolute Gasteiger partial charge is 0.598 e. The smallest absolute Gasteiger partial charge is 0.157 e. The van der Waals surface area contributed by atoms with Gasteiger partial charge in [0.1, 0.15) is 0 Å². The molecule has 0 saturated heterocycles. The van der Waals surface area contributed by atoms with Crippen LogP contribution in [-0.2, 0) is 11.4 Å². The maximum atomic E-state index is 11.1. The molecule has 0 bridgehead atoms. The van der Waals surface area contributed by atoms with Gasteiger partial charge in [0.25, 0.3) is 0 Å². The highest BCUT2D eigenvalue weighted by atomic mass is 32.2. The second-order valence-electron chi connectivity index (χ2n) is 4.06. The number of hydrogen-bond donors (Lipinski definition) is 1. The topological polar surface area (TPSA) is 49.1 Å². The molecule has 1 rings (SSSR count). The van der Waals surface area contributed by atoms with E-state index in [1.807, 2.05) is 13.8 Å². The first-order valence-corrected chi connectivity index (χ1v) is 5.52. The van der Waals surface area contributed by atoms with E-state index in [9.17, 15) is 4.55 Å². The Balaban J connectivity index is 2.65. The van der Waals surface area contributed by atoms with Gasteiger partial charge in [0, 0.05) is 11.4 Å². The van der Waals surface area contributed by atoms with Gasteiger partial charge < -0.3 is 4.55 Å². The Morgan fingerprint density at radius 2 is 2.25 bits per heavy atom. The molecule has 1 fully saturated rings. The van der Waals surface area contributed by atoms with Gasteiger partial charge in [-0.25, -0.2) is 0 Å². The zero-order chi connectivity index (χ0) is 9.35. The summed E-state index contributed by atoms with van der Waals surface area (Å²) in [5.41, 5.74) is 1.42. The van der Waals surface area contributed by atoms with Crippen molar-refractivity contribution in [2.24, 2.45) is 11.1 Å². The highest BCUT2D eigenvalue weighted by molar-refractivity contribution is 7.90. The fourth-order valence-corrected chi connectivity index (χ4v) is 1.59.